The minimum absolute atomic E-state index is 0.138. The third-order valence-corrected chi connectivity index (χ3v) is 3.44. The summed E-state index contributed by atoms with van der Waals surface area (Å²) < 4.78 is 0. The van der Waals surface area contributed by atoms with Crippen molar-refractivity contribution in [3.63, 3.8) is 0 Å². The Bertz CT molecular complexity index is 506. The SMILES string of the molecule is CCCNC(c1ccc(C(C)C)cc1)c1ccncn1. The minimum Gasteiger partial charge on any atom is -0.305 e. The predicted molar refractivity (Wildman–Crippen MR) is 82.7 cm³/mol. The van der Waals surface area contributed by atoms with Gasteiger partial charge in [-0.05, 0) is 36.1 Å². The largest absolute Gasteiger partial charge is 0.305 e. The zero-order valence-electron chi connectivity index (χ0n) is 12.5. The fourth-order valence-corrected chi connectivity index (χ4v) is 2.23. The van der Waals surface area contributed by atoms with Crippen molar-refractivity contribution in [1.82, 2.24) is 15.3 Å². The summed E-state index contributed by atoms with van der Waals surface area (Å²) in [5.74, 6) is 0.560. The summed E-state index contributed by atoms with van der Waals surface area (Å²) in [6.45, 7) is 7.57. The molecule has 3 nitrogen and oxygen atoms in total. The van der Waals surface area contributed by atoms with Crippen molar-refractivity contribution in [3.05, 3.63) is 59.7 Å². The molecular weight excluding hydrogens is 246 g/mol. The van der Waals surface area contributed by atoms with E-state index in [0.717, 1.165) is 18.7 Å². The van der Waals surface area contributed by atoms with Crippen molar-refractivity contribution in [2.75, 3.05) is 6.54 Å². The van der Waals surface area contributed by atoms with Crippen molar-refractivity contribution in [1.29, 1.82) is 0 Å². The molecule has 0 fully saturated rings. The summed E-state index contributed by atoms with van der Waals surface area (Å²) in [5, 5.41) is 3.56. The van der Waals surface area contributed by atoms with Gasteiger partial charge >= 0.3 is 0 Å². The molecule has 0 aliphatic rings. The van der Waals surface area contributed by atoms with Gasteiger partial charge in [0.15, 0.2) is 0 Å². The molecule has 1 aromatic carbocycles. The van der Waals surface area contributed by atoms with Gasteiger partial charge in [-0.25, -0.2) is 9.97 Å². The molecule has 0 aliphatic carbocycles. The van der Waals surface area contributed by atoms with Gasteiger partial charge in [-0.1, -0.05) is 45.0 Å². The number of benzene rings is 1. The Morgan fingerprint density at radius 2 is 1.75 bits per heavy atom. The van der Waals surface area contributed by atoms with Crippen molar-refractivity contribution in [2.45, 2.75) is 39.2 Å². The van der Waals surface area contributed by atoms with E-state index in [1.54, 1.807) is 12.5 Å². The first kappa shape index (κ1) is 14.7. The Balaban J connectivity index is 2.26. The first-order valence-corrected chi connectivity index (χ1v) is 7.31. The lowest BCUT2D eigenvalue weighted by Gasteiger charge is -2.19. The highest BCUT2D eigenvalue weighted by atomic mass is 14.9. The standard InChI is InChI=1S/C17H23N3/c1-4-10-19-17(16-9-11-18-12-20-16)15-7-5-14(6-8-15)13(2)3/h5-9,11-13,17,19H,4,10H2,1-3H3. The van der Waals surface area contributed by atoms with Crippen LogP contribution >= 0.6 is 0 Å². The Hall–Kier alpha value is -1.74. The quantitative estimate of drug-likeness (QED) is 0.869. The van der Waals surface area contributed by atoms with Gasteiger partial charge < -0.3 is 5.32 Å². The topological polar surface area (TPSA) is 37.8 Å². The zero-order valence-corrected chi connectivity index (χ0v) is 12.5. The van der Waals surface area contributed by atoms with E-state index in [1.165, 1.54) is 11.1 Å². The Labute approximate surface area is 121 Å². The second kappa shape index (κ2) is 7.15. The number of hydrogen-bond donors (Lipinski definition) is 1. The van der Waals surface area contributed by atoms with Gasteiger partial charge in [0, 0.05) is 6.20 Å². The second-order valence-corrected chi connectivity index (χ2v) is 5.34. The van der Waals surface area contributed by atoms with Crippen LogP contribution in [-0.2, 0) is 0 Å². The molecule has 2 rings (SSSR count). The van der Waals surface area contributed by atoms with Gasteiger partial charge in [-0.3, -0.25) is 0 Å². The fraction of sp³-hybridized carbons (Fsp3) is 0.412. The molecule has 0 amide bonds. The molecule has 106 valence electrons. The zero-order chi connectivity index (χ0) is 14.4. The lowest BCUT2D eigenvalue weighted by molar-refractivity contribution is 0.585. The molecule has 1 N–H and O–H groups in total. The van der Waals surface area contributed by atoms with Crippen molar-refractivity contribution < 1.29 is 0 Å². The van der Waals surface area contributed by atoms with E-state index in [0.29, 0.717) is 5.92 Å². The molecule has 0 spiro atoms. The molecule has 3 heteroatoms. The lowest BCUT2D eigenvalue weighted by atomic mass is 9.97. The molecule has 1 unspecified atom stereocenters. The van der Waals surface area contributed by atoms with E-state index in [4.69, 9.17) is 0 Å². The van der Waals surface area contributed by atoms with Gasteiger partial charge in [-0.2, -0.15) is 0 Å². The van der Waals surface area contributed by atoms with Crippen LogP contribution in [0.25, 0.3) is 0 Å². The molecule has 0 saturated heterocycles. The summed E-state index contributed by atoms with van der Waals surface area (Å²) in [6.07, 6.45) is 4.51. The summed E-state index contributed by atoms with van der Waals surface area (Å²) >= 11 is 0. The summed E-state index contributed by atoms with van der Waals surface area (Å²) in [7, 11) is 0. The molecule has 20 heavy (non-hydrogen) atoms. The van der Waals surface area contributed by atoms with Crippen LogP contribution < -0.4 is 5.32 Å². The molecule has 2 aromatic rings. The van der Waals surface area contributed by atoms with Crippen LogP contribution in [0.2, 0.25) is 0 Å². The summed E-state index contributed by atoms with van der Waals surface area (Å²) in [5.41, 5.74) is 3.64. The van der Waals surface area contributed by atoms with Crippen LogP contribution in [0.1, 0.15) is 56.0 Å². The number of nitrogens with zero attached hydrogens (tertiary/aromatic N) is 2. The smallest absolute Gasteiger partial charge is 0.115 e. The monoisotopic (exact) mass is 269 g/mol. The second-order valence-electron chi connectivity index (χ2n) is 5.34. The Morgan fingerprint density at radius 1 is 1.05 bits per heavy atom. The van der Waals surface area contributed by atoms with Gasteiger partial charge in [0.25, 0.3) is 0 Å². The molecule has 0 aliphatic heterocycles. The van der Waals surface area contributed by atoms with E-state index < -0.39 is 0 Å². The van der Waals surface area contributed by atoms with E-state index in [-0.39, 0.29) is 6.04 Å². The molecule has 0 radical (unpaired) electrons. The average molecular weight is 269 g/mol. The first-order valence-electron chi connectivity index (χ1n) is 7.31. The number of nitrogens with one attached hydrogen (secondary N) is 1. The fourth-order valence-electron chi connectivity index (χ4n) is 2.23. The van der Waals surface area contributed by atoms with Crippen molar-refractivity contribution in [2.24, 2.45) is 0 Å². The van der Waals surface area contributed by atoms with E-state index in [9.17, 15) is 0 Å². The van der Waals surface area contributed by atoms with E-state index >= 15 is 0 Å². The average Bonchev–Trinajstić information content (AvgIpc) is 2.49. The molecule has 0 saturated carbocycles. The van der Waals surface area contributed by atoms with Crippen molar-refractivity contribution >= 4 is 0 Å². The van der Waals surface area contributed by atoms with Gasteiger partial charge in [-0.15, -0.1) is 0 Å². The van der Waals surface area contributed by atoms with Crippen LogP contribution in [0, 0.1) is 0 Å². The maximum atomic E-state index is 4.39. The van der Waals surface area contributed by atoms with Crippen LogP contribution in [-0.4, -0.2) is 16.5 Å². The van der Waals surface area contributed by atoms with Crippen LogP contribution in [0.15, 0.2) is 42.9 Å². The third kappa shape index (κ3) is 3.64. The van der Waals surface area contributed by atoms with E-state index in [2.05, 4.69) is 60.3 Å². The first-order chi connectivity index (χ1) is 9.72. The van der Waals surface area contributed by atoms with E-state index in [1.807, 2.05) is 6.07 Å². The van der Waals surface area contributed by atoms with Crippen LogP contribution in [0.4, 0.5) is 0 Å². The molecule has 1 aromatic heterocycles. The predicted octanol–water partition coefficient (Wildman–Crippen LogP) is 3.69. The molecule has 1 atom stereocenters. The van der Waals surface area contributed by atoms with Gasteiger partial charge in [0.05, 0.1) is 11.7 Å². The van der Waals surface area contributed by atoms with Crippen molar-refractivity contribution in [3.8, 4) is 0 Å². The minimum atomic E-state index is 0.138. The lowest BCUT2D eigenvalue weighted by Crippen LogP contribution is -2.24. The third-order valence-electron chi connectivity index (χ3n) is 3.44. The number of hydrogen-bond acceptors (Lipinski definition) is 3. The normalized spacial score (nSPS) is 12.6. The summed E-state index contributed by atoms with van der Waals surface area (Å²) in [6, 6.07) is 10.9. The van der Waals surface area contributed by atoms with Gasteiger partial charge in [0.2, 0.25) is 0 Å². The summed E-state index contributed by atoms with van der Waals surface area (Å²) in [4.78, 5) is 8.39. The maximum absolute atomic E-state index is 4.39. The maximum Gasteiger partial charge on any atom is 0.115 e. The van der Waals surface area contributed by atoms with Crippen LogP contribution in [0.3, 0.4) is 0 Å². The van der Waals surface area contributed by atoms with Crippen LogP contribution in [0.5, 0.6) is 0 Å². The Kier molecular flexibility index (Phi) is 5.24. The Morgan fingerprint density at radius 3 is 2.30 bits per heavy atom. The molecule has 1 heterocycles. The highest BCUT2D eigenvalue weighted by Gasteiger charge is 2.14. The molecular formula is C17H23N3. The highest BCUT2D eigenvalue weighted by molar-refractivity contribution is 5.31. The highest BCUT2D eigenvalue weighted by Crippen LogP contribution is 2.22. The molecule has 0 bridgehead atoms. The number of aromatic nitrogens is 2. The van der Waals surface area contributed by atoms with Gasteiger partial charge in [0.1, 0.15) is 6.33 Å². The number of rotatable bonds is 6.